The third kappa shape index (κ3) is 5.80. The molecule has 0 aliphatic carbocycles. The molecule has 2 aromatic rings. The molecular weight excluding hydrogens is 384 g/mol. The van der Waals surface area contributed by atoms with E-state index in [1.165, 1.54) is 25.2 Å². The summed E-state index contributed by atoms with van der Waals surface area (Å²) in [5, 5.41) is 2.50. The van der Waals surface area contributed by atoms with Gasteiger partial charge in [0.25, 0.3) is 15.9 Å². The molecule has 0 bridgehead atoms. The summed E-state index contributed by atoms with van der Waals surface area (Å²) in [5.41, 5.74) is 0.784. The predicted molar refractivity (Wildman–Crippen MR) is 105 cm³/mol. The quantitative estimate of drug-likeness (QED) is 0.640. The van der Waals surface area contributed by atoms with Crippen LogP contribution < -0.4 is 9.62 Å². The van der Waals surface area contributed by atoms with E-state index < -0.39 is 28.5 Å². The molecule has 0 aliphatic heterocycles. The number of hydrogen-bond donors (Lipinski definition) is 1. The standard InChI is InChI=1S/C19H22N2O6S/c1-3-26-14-19(23)27-13-18(22)20-15-8-7-11-17(12-15)28(24,25)21(2)16-9-5-4-6-10-16/h4-12H,3,13-14H2,1-2H3,(H,20,22). The van der Waals surface area contributed by atoms with E-state index in [-0.39, 0.29) is 17.2 Å². The minimum absolute atomic E-state index is 0.0185. The average molecular weight is 406 g/mol. The molecular formula is C19H22N2O6S. The van der Waals surface area contributed by atoms with Crippen molar-refractivity contribution in [2.24, 2.45) is 0 Å². The maximum atomic E-state index is 12.8. The van der Waals surface area contributed by atoms with Crippen molar-refractivity contribution in [3.63, 3.8) is 0 Å². The number of rotatable bonds is 9. The molecule has 28 heavy (non-hydrogen) atoms. The zero-order valence-electron chi connectivity index (χ0n) is 15.6. The SMILES string of the molecule is CCOCC(=O)OCC(=O)Nc1cccc(S(=O)(=O)N(C)c2ccccc2)c1. The van der Waals surface area contributed by atoms with Crippen molar-refractivity contribution in [2.75, 3.05) is 36.5 Å². The number of carbonyl (C=O) groups excluding carboxylic acids is 2. The van der Waals surface area contributed by atoms with Gasteiger partial charge in [-0.15, -0.1) is 0 Å². The van der Waals surface area contributed by atoms with Crippen LogP contribution in [-0.2, 0) is 29.1 Å². The molecule has 8 nitrogen and oxygen atoms in total. The number of nitrogens with zero attached hydrogens (tertiary/aromatic N) is 1. The summed E-state index contributed by atoms with van der Waals surface area (Å²) < 4.78 is 36.4. The highest BCUT2D eigenvalue weighted by molar-refractivity contribution is 7.92. The van der Waals surface area contributed by atoms with Crippen molar-refractivity contribution in [2.45, 2.75) is 11.8 Å². The second-order valence-corrected chi connectivity index (χ2v) is 7.65. The van der Waals surface area contributed by atoms with Gasteiger partial charge in [0.2, 0.25) is 0 Å². The summed E-state index contributed by atoms with van der Waals surface area (Å²) in [7, 11) is -2.35. The van der Waals surface area contributed by atoms with Crippen LogP contribution in [0.25, 0.3) is 0 Å². The maximum Gasteiger partial charge on any atom is 0.332 e. The fourth-order valence-corrected chi connectivity index (χ4v) is 3.48. The number of para-hydroxylation sites is 1. The van der Waals surface area contributed by atoms with Gasteiger partial charge in [0.1, 0.15) is 6.61 Å². The number of nitrogens with one attached hydrogen (secondary N) is 1. The van der Waals surface area contributed by atoms with Crippen molar-refractivity contribution in [3.8, 4) is 0 Å². The summed E-state index contributed by atoms with van der Waals surface area (Å²) in [4.78, 5) is 23.3. The van der Waals surface area contributed by atoms with Crippen LogP contribution >= 0.6 is 0 Å². The number of esters is 1. The lowest BCUT2D eigenvalue weighted by molar-refractivity contribution is -0.151. The number of ether oxygens (including phenoxy) is 2. The van der Waals surface area contributed by atoms with Crippen LogP contribution in [-0.4, -0.2) is 47.2 Å². The highest BCUT2D eigenvalue weighted by atomic mass is 32.2. The van der Waals surface area contributed by atoms with E-state index >= 15 is 0 Å². The van der Waals surface area contributed by atoms with Crippen LogP contribution in [0.15, 0.2) is 59.5 Å². The van der Waals surface area contributed by atoms with Gasteiger partial charge in [-0.3, -0.25) is 9.10 Å². The molecule has 0 saturated heterocycles. The molecule has 150 valence electrons. The Labute approximate surface area is 164 Å². The van der Waals surface area contributed by atoms with Crippen molar-refractivity contribution in [1.82, 2.24) is 0 Å². The summed E-state index contributed by atoms with van der Waals surface area (Å²) in [6, 6.07) is 14.5. The van der Waals surface area contributed by atoms with Crippen LogP contribution in [0.2, 0.25) is 0 Å². The smallest absolute Gasteiger partial charge is 0.332 e. The number of sulfonamides is 1. The summed E-state index contributed by atoms with van der Waals surface area (Å²) in [5.74, 6) is -1.24. The van der Waals surface area contributed by atoms with Gasteiger partial charge in [-0.05, 0) is 37.3 Å². The highest BCUT2D eigenvalue weighted by Gasteiger charge is 2.21. The van der Waals surface area contributed by atoms with Crippen molar-refractivity contribution in [1.29, 1.82) is 0 Å². The van der Waals surface area contributed by atoms with E-state index in [0.717, 1.165) is 4.31 Å². The Hall–Kier alpha value is -2.91. The average Bonchev–Trinajstić information content (AvgIpc) is 2.71. The van der Waals surface area contributed by atoms with Gasteiger partial charge in [0.15, 0.2) is 6.61 Å². The Balaban J connectivity index is 2.05. The highest BCUT2D eigenvalue weighted by Crippen LogP contribution is 2.23. The van der Waals surface area contributed by atoms with Crippen molar-refractivity contribution in [3.05, 3.63) is 54.6 Å². The first-order valence-electron chi connectivity index (χ1n) is 8.52. The lowest BCUT2D eigenvalue weighted by atomic mass is 10.3. The largest absolute Gasteiger partial charge is 0.454 e. The first-order valence-corrected chi connectivity index (χ1v) is 9.96. The summed E-state index contributed by atoms with van der Waals surface area (Å²) in [6.45, 7) is 1.37. The Bertz CT molecular complexity index is 915. The zero-order chi connectivity index (χ0) is 20.6. The van der Waals surface area contributed by atoms with E-state index in [2.05, 4.69) is 5.32 Å². The molecule has 0 radical (unpaired) electrons. The molecule has 9 heteroatoms. The fourth-order valence-electron chi connectivity index (χ4n) is 2.24. The molecule has 0 aromatic heterocycles. The molecule has 0 fully saturated rings. The summed E-state index contributed by atoms with van der Waals surface area (Å²) >= 11 is 0. The van der Waals surface area contributed by atoms with Crippen molar-refractivity contribution < 1.29 is 27.5 Å². The monoisotopic (exact) mass is 406 g/mol. The third-order valence-electron chi connectivity index (χ3n) is 3.68. The molecule has 2 aromatic carbocycles. The van der Waals surface area contributed by atoms with Crippen LogP contribution in [0.5, 0.6) is 0 Å². The molecule has 0 atom stereocenters. The minimum Gasteiger partial charge on any atom is -0.454 e. The molecule has 1 N–H and O–H groups in total. The number of benzene rings is 2. The van der Waals surface area contributed by atoms with Gasteiger partial charge in [-0.25, -0.2) is 13.2 Å². The van der Waals surface area contributed by atoms with Gasteiger partial charge in [-0.2, -0.15) is 0 Å². The zero-order valence-corrected chi connectivity index (χ0v) is 16.4. The minimum atomic E-state index is -3.81. The molecule has 0 saturated carbocycles. The van der Waals surface area contributed by atoms with Crippen LogP contribution in [0, 0.1) is 0 Å². The lowest BCUT2D eigenvalue weighted by Gasteiger charge is -2.19. The third-order valence-corrected chi connectivity index (χ3v) is 5.47. The van der Waals surface area contributed by atoms with E-state index in [9.17, 15) is 18.0 Å². The van der Waals surface area contributed by atoms with Crippen LogP contribution in [0.4, 0.5) is 11.4 Å². The number of amides is 1. The lowest BCUT2D eigenvalue weighted by Crippen LogP contribution is -2.27. The predicted octanol–water partition coefficient (Wildman–Crippen LogP) is 2.03. The number of anilines is 2. The van der Waals surface area contributed by atoms with Crippen LogP contribution in [0.1, 0.15) is 6.92 Å². The first-order chi connectivity index (χ1) is 13.3. The van der Waals surface area contributed by atoms with E-state index in [4.69, 9.17) is 9.47 Å². The molecule has 0 aliphatic rings. The van der Waals surface area contributed by atoms with Gasteiger partial charge in [0, 0.05) is 19.3 Å². The molecule has 1 amide bonds. The molecule has 0 spiro atoms. The van der Waals surface area contributed by atoms with E-state index in [1.807, 2.05) is 0 Å². The summed E-state index contributed by atoms with van der Waals surface area (Å²) in [6.07, 6.45) is 0. The van der Waals surface area contributed by atoms with Gasteiger partial charge in [0.05, 0.1) is 10.6 Å². The normalized spacial score (nSPS) is 10.9. The van der Waals surface area contributed by atoms with Crippen LogP contribution in [0.3, 0.4) is 0 Å². The van der Waals surface area contributed by atoms with E-state index in [1.54, 1.807) is 43.3 Å². The van der Waals surface area contributed by atoms with E-state index in [0.29, 0.717) is 12.3 Å². The molecule has 0 unspecified atom stereocenters. The second-order valence-electron chi connectivity index (χ2n) is 5.68. The molecule has 2 rings (SSSR count). The molecule has 0 heterocycles. The maximum absolute atomic E-state index is 12.8. The van der Waals surface area contributed by atoms with Gasteiger partial charge >= 0.3 is 5.97 Å². The van der Waals surface area contributed by atoms with Gasteiger partial charge in [-0.1, -0.05) is 24.3 Å². The Morgan fingerprint density at radius 1 is 1.04 bits per heavy atom. The second kappa shape index (κ2) is 9.86. The first kappa shape index (κ1) is 21.4. The fraction of sp³-hybridized carbons (Fsp3) is 0.263. The Morgan fingerprint density at radius 2 is 1.75 bits per heavy atom. The van der Waals surface area contributed by atoms with Crippen molar-refractivity contribution >= 4 is 33.3 Å². The van der Waals surface area contributed by atoms with Gasteiger partial charge < -0.3 is 14.8 Å². The Morgan fingerprint density at radius 3 is 2.43 bits per heavy atom. The number of hydrogen-bond acceptors (Lipinski definition) is 6. The Kier molecular flexibility index (Phi) is 7.53. The topological polar surface area (TPSA) is 102 Å². The number of carbonyl (C=O) groups is 2.